The average molecular weight is 402 g/mol. The molecule has 2 aliphatic rings. The van der Waals surface area contributed by atoms with Crippen LogP contribution in [0.4, 0.5) is 0 Å². The highest BCUT2D eigenvalue weighted by Gasteiger charge is 2.46. The van der Waals surface area contributed by atoms with Crippen LogP contribution in [0.15, 0.2) is 24.3 Å². The molecule has 1 heterocycles. The van der Waals surface area contributed by atoms with Crippen molar-refractivity contribution in [3.05, 3.63) is 24.3 Å². The molecule has 5 N–H and O–H groups in total. The van der Waals surface area contributed by atoms with Crippen molar-refractivity contribution in [3.63, 3.8) is 0 Å². The number of carbonyl (C=O) groups excluding carboxylic acids is 1. The van der Waals surface area contributed by atoms with Crippen LogP contribution in [0.25, 0.3) is 0 Å². The number of aliphatic hydroxyl groups excluding tert-OH is 4. The van der Waals surface area contributed by atoms with Gasteiger partial charge in [0.1, 0.15) is 24.4 Å². The lowest BCUT2D eigenvalue weighted by Crippen LogP contribution is -2.60. The summed E-state index contributed by atoms with van der Waals surface area (Å²) < 4.78 is 15.8. The highest BCUT2D eigenvalue weighted by Crippen LogP contribution is 2.38. The number of esters is 1. The minimum absolute atomic E-state index is 0.173. The Morgan fingerprint density at radius 2 is 1.96 bits per heavy atom. The molecule has 28 heavy (non-hydrogen) atoms. The Hall–Kier alpha value is -1.82. The maximum Gasteiger partial charge on any atom is 0.333 e. The van der Waals surface area contributed by atoms with Gasteiger partial charge in [0.25, 0.3) is 0 Å². The predicted octanol–water partition coefficient (Wildman–Crippen LogP) is -1.43. The highest BCUT2D eigenvalue weighted by atomic mass is 16.7. The van der Waals surface area contributed by atoms with Gasteiger partial charge < -0.3 is 39.7 Å². The van der Waals surface area contributed by atoms with Crippen LogP contribution < -0.4 is 0 Å². The van der Waals surface area contributed by atoms with Gasteiger partial charge in [-0.1, -0.05) is 12.2 Å². The second kappa shape index (κ2) is 9.59. The Balaban J connectivity index is 2.24. The molecule has 0 aromatic carbocycles. The van der Waals surface area contributed by atoms with E-state index in [0.29, 0.717) is 0 Å². The Bertz CT molecular complexity index is 615. The number of ether oxygens (including phenoxy) is 3. The summed E-state index contributed by atoms with van der Waals surface area (Å²) in [5, 5.41) is 48.4. The first kappa shape index (κ1) is 22.5. The summed E-state index contributed by atoms with van der Waals surface area (Å²) in [4.78, 5) is 23.3. The minimum Gasteiger partial charge on any atom is -0.481 e. The molecule has 0 bridgehead atoms. The standard InChI is InChI=1S/C18H26O10/c1-3-8-10(6-13(20)21)9(17(25)26-2)4-5-11(8)27-18-16(24)15(23)14(22)12(7-19)28-18/h3-4,8,10-12,14-16,18-19,22-24H,1,5-7H2,2H3,(H,20,21)/t8-,10+,11-,12-,14-,15+,16-,18-/m1/s1. The summed E-state index contributed by atoms with van der Waals surface area (Å²) in [6, 6.07) is 0. The number of carboxylic acid groups (broad SMARTS) is 1. The summed E-state index contributed by atoms with van der Waals surface area (Å²) in [6.07, 6.45) is -5.18. The van der Waals surface area contributed by atoms with E-state index >= 15 is 0 Å². The Morgan fingerprint density at radius 1 is 1.29 bits per heavy atom. The van der Waals surface area contributed by atoms with Crippen LogP contribution >= 0.6 is 0 Å². The molecular formula is C18H26O10. The largest absolute Gasteiger partial charge is 0.481 e. The lowest BCUT2D eigenvalue weighted by molar-refractivity contribution is -0.314. The van der Waals surface area contributed by atoms with Crippen LogP contribution in [0, 0.1) is 11.8 Å². The van der Waals surface area contributed by atoms with Crippen LogP contribution in [0.3, 0.4) is 0 Å². The number of carbonyl (C=O) groups is 2. The molecule has 0 aromatic rings. The molecule has 1 aliphatic heterocycles. The molecule has 10 nitrogen and oxygen atoms in total. The maximum atomic E-state index is 12.0. The van der Waals surface area contributed by atoms with Crippen LogP contribution in [0.1, 0.15) is 12.8 Å². The first-order valence-electron chi connectivity index (χ1n) is 8.83. The van der Waals surface area contributed by atoms with Crippen molar-refractivity contribution in [2.45, 2.75) is 49.7 Å². The van der Waals surface area contributed by atoms with Crippen molar-refractivity contribution in [3.8, 4) is 0 Å². The first-order valence-corrected chi connectivity index (χ1v) is 8.83. The van der Waals surface area contributed by atoms with Gasteiger partial charge in [0, 0.05) is 17.4 Å². The number of aliphatic carboxylic acids is 1. The van der Waals surface area contributed by atoms with Crippen molar-refractivity contribution in [1.82, 2.24) is 0 Å². The summed E-state index contributed by atoms with van der Waals surface area (Å²) in [7, 11) is 1.19. The van der Waals surface area contributed by atoms with Crippen molar-refractivity contribution < 1.29 is 49.3 Å². The molecule has 8 atom stereocenters. The molecule has 0 aromatic heterocycles. The van der Waals surface area contributed by atoms with E-state index in [0.717, 1.165) is 0 Å². The van der Waals surface area contributed by atoms with E-state index < -0.39 is 67.2 Å². The van der Waals surface area contributed by atoms with Gasteiger partial charge in [-0.3, -0.25) is 4.79 Å². The van der Waals surface area contributed by atoms with E-state index in [1.54, 1.807) is 0 Å². The zero-order valence-electron chi connectivity index (χ0n) is 15.4. The fraction of sp³-hybridized carbons (Fsp3) is 0.667. The van der Waals surface area contributed by atoms with Gasteiger partial charge in [-0.05, 0) is 6.42 Å². The van der Waals surface area contributed by atoms with Crippen molar-refractivity contribution in [2.75, 3.05) is 13.7 Å². The lowest BCUT2D eigenvalue weighted by atomic mass is 9.74. The van der Waals surface area contributed by atoms with Crippen LogP contribution in [-0.4, -0.2) is 88.0 Å². The fourth-order valence-corrected chi connectivity index (χ4v) is 3.62. The second-order valence-corrected chi connectivity index (χ2v) is 6.78. The second-order valence-electron chi connectivity index (χ2n) is 6.78. The van der Waals surface area contributed by atoms with Gasteiger partial charge in [0.05, 0.1) is 26.2 Å². The van der Waals surface area contributed by atoms with Gasteiger partial charge in [0.2, 0.25) is 0 Å². The first-order chi connectivity index (χ1) is 13.2. The van der Waals surface area contributed by atoms with E-state index in [1.807, 2.05) is 0 Å². The van der Waals surface area contributed by atoms with E-state index in [9.17, 15) is 35.1 Å². The number of rotatable bonds is 7. The third-order valence-corrected chi connectivity index (χ3v) is 5.11. The predicted molar refractivity (Wildman–Crippen MR) is 92.8 cm³/mol. The lowest BCUT2D eigenvalue weighted by Gasteiger charge is -2.43. The molecule has 0 amide bonds. The highest BCUT2D eigenvalue weighted by molar-refractivity contribution is 5.90. The Kier molecular flexibility index (Phi) is 7.70. The molecule has 0 saturated carbocycles. The molecule has 1 fully saturated rings. The van der Waals surface area contributed by atoms with Crippen molar-refractivity contribution in [2.24, 2.45) is 11.8 Å². The minimum atomic E-state index is -1.60. The number of hydrogen-bond donors (Lipinski definition) is 5. The maximum absolute atomic E-state index is 12.0. The number of carboxylic acids is 1. The van der Waals surface area contributed by atoms with E-state index in [-0.39, 0.29) is 18.4 Å². The fourth-order valence-electron chi connectivity index (χ4n) is 3.62. The molecule has 1 saturated heterocycles. The quantitative estimate of drug-likeness (QED) is 0.252. The Labute approximate surface area is 161 Å². The zero-order valence-corrected chi connectivity index (χ0v) is 15.4. The summed E-state index contributed by atoms with van der Waals surface area (Å²) >= 11 is 0. The van der Waals surface area contributed by atoms with Gasteiger partial charge in [-0.15, -0.1) is 6.58 Å². The summed E-state index contributed by atoms with van der Waals surface area (Å²) in [5.41, 5.74) is 0.198. The van der Waals surface area contributed by atoms with Crippen molar-refractivity contribution in [1.29, 1.82) is 0 Å². The molecule has 0 unspecified atom stereocenters. The van der Waals surface area contributed by atoms with Crippen LogP contribution in [-0.2, 0) is 23.8 Å². The number of hydrogen-bond acceptors (Lipinski definition) is 9. The number of aliphatic hydroxyl groups is 4. The van der Waals surface area contributed by atoms with Gasteiger partial charge in [-0.25, -0.2) is 4.79 Å². The topological polar surface area (TPSA) is 163 Å². The van der Waals surface area contributed by atoms with E-state index in [1.165, 1.54) is 19.3 Å². The molecule has 1 aliphatic carbocycles. The molecule has 2 rings (SSSR count). The monoisotopic (exact) mass is 402 g/mol. The van der Waals surface area contributed by atoms with Crippen molar-refractivity contribution >= 4 is 11.9 Å². The smallest absolute Gasteiger partial charge is 0.333 e. The van der Waals surface area contributed by atoms with Gasteiger partial charge >= 0.3 is 11.9 Å². The average Bonchev–Trinajstić information content (AvgIpc) is 2.67. The van der Waals surface area contributed by atoms with E-state index in [2.05, 4.69) is 6.58 Å². The SMILES string of the molecule is C=C[C@@H]1[C@H](CC(=O)O)C(C(=O)OC)=CC[C@H]1O[C@@H]1O[C@H](CO)[C@@H](O)[C@H](O)[C@H]1O. The zero-order chi connectivity index (χ0) is 21.0. The normalized spacial score (nSPS) is 38.4. The van der Waals surface area contributed by atoms with Gasteiger partial charge in [0.15, 0.2) is 6.29 Å². The molecular weight excluding hydrogens is 376 g/mol. The third-order valence-electron chi connectivity index (χ3n) is 5.11. The Morgan fingerprint density at radius 3 is 2.50 bits per heavy atom. The molecule has 0 radical (unpaired) electrons. The van der Waals surface area contributed by atoms with Crippen LogP contribution in [0.2, 0.25) is 0 Å². The molecule has 10 heteroatoms. The summed E-state index contributed by atoms with van der Waals surface area (Å²) in [6.45, 7) is 3.09. The van der Waals surface area contributed by atoms with E-state index in [4.69, 9.17) is 14.2 Å². The summed E-state index contributed by atoms with van der Waals surface area (Å²) in [5.74, 6) is -3.17. The third kappa shape index (κ3) is 4.59. The number of methoxy groups -OCH3 is 1. The molecule has 0 spiro atoms. The van der Waals surface area contributed by atoms with Gasteiger partial charge in [-0.2, -0.15) is 0 Å². The van der Waals surface area contributed by atoms with Crippen LogP contribution in [0.5, 0.6) is 0 Å². The molecule has 158 valence electrons.